The second-order valence-corrected chi connectivity index (χ2v) is 7.49. The number of nitrogens with one attached hydrogen (secondary N) is 2. The molecule has 0 aromatic heterocycles. The summed E-state index contributed by atoms with van der Waals surface area (Å²) in [5.41, 5.74) is 0.924. The minimum atomic E-state index is -0.304. The summed E-state index contributed by atoms with van der Waals surface area (Å²) in [5, 5.41) is 6.41. The number of halogens is 2. The zero-order valence-corrected chi connectivity index (χ0v) is 16.3. The van der Waals surface area contributed by atoms with Gasteiger partial charge in [-0.25, -0.2) is 0 Å². The molecule has 2 amide bonds. The lowest BCUT2D eigenvalue weighted by Gasteiger charge is -2.24. The van der Waals surface area contributed by atoms with Crippen molar-refractivity contribution < 1.29 is 9.59 Å². The van der Waals surface area contributed by atoms with E-state index in [0.29, 0.717) is 22.3 Å². The van der Waals surface area contributed by atoms with Gasteiger partial charge in [-0.05, 0) is 45.9 Å². The Morgan fingerprint density at radius 3 is 2.25 bits per heavy atom. The quantitative estimate of drug-likeness (QED) is 0.802. The molecule has 1 aromatic carbocycles. The summed E-state index contributed by atoms with van der Waals surface area (Å²) in [6.07, 6.45) is 0. The molecule has 0 spiro atoms. The summed E-state index contributed by atoms with van der Waals surface area (Å²) >= 11 is 12.3. The first kappa shape index (κ1) is 20.7. The third-order valence-corrected chi connectivity index (χ3v) is 4.05. The Morgan fingerprint density at radius 2 is 1.71 bits per heavy atom. The van der Waals surface area contributed by atoms with E-state index in [-0.39, 0.29) is 30.4 Å². The topological polar surface area (TPSA) is 61.4 Å². The largest absolute Gasteiger partial charge is 0.350 e. The molecule has 0 atom stereocenters. The van der Waals surface area contributed by atoms with Gasteiger partial charge in [0.05, 0.1) is 28.8 Å². The average molecular weight is 374 g/mol. The summed E-state index contributed by atoms with van der Waals surface area (Å²) in [5.74, 6) is -0.390. The van der Waals surface area contributed by atoms with Crippen molar-refractivity contribution in [3.05, 3.63) is 27.7 Å². The lowest BCUT2D eigenvalue weighted by Crippen LogP contribution is -2.47. The highest BCUT2D eigenvalue weighted by atomic mass is 35.5. The number of benzene rings is 1. The number of likely N-dealkylation sites (N-methyl/N-ethyl adjacent to an activating group) is 1. The van der Waals surface area contributed by atoms with Crippen LogP contribution in [-0.4, -0.2) is 41.9 Å². The van der Waals surface area contributed by atoms with Crippen LogP contribution >= 0.6 is 23.2 Å². The lowest BCUT2D eigenvalue weighted by atomic mass is 10.1. The number of rotatable bonds is 6. The van der Waals surface area contributed by atoms with Crippen LogP contribution in [0.5, 0.6) is 0 Å². The number of carbonyl (C=O) groups is 2. The number of nitrogens with zero attached hydrogens (tertiary/aromatic N) is 1. The third kappa shape index (κ3) is 6.67. The molecule has 0 radical (unpaired) electrons. The molecule has 0 fully saturated rings. The summed E-state index contributed by atoms with van der Waals surface area (Å²) in [4.78, 5) is 26.0. The second-order valence-electron chi connectivity index (χ2n) is 6.70. The Labute approximate surface area is 153 Å². The van der Waals surface area contributed by atoms with Crippen molar-refractivity contribution in [2.24, 2.45) is 0 Å². The second kappa shape index (κ2) is 8.70. The fourth-order valence-electron chi connectivity index (χ4n) is 2.09. The van der Waals surface area contributed by atoms with Crippen molar-refractivity contribution >= 4 is 40.7 Å². The van der Waals surface area contributed by atoms with E-state index in [2.05, 4.69) is 10.6 Å². The molecule has 1 rings (SSSR count). The van der Waals surface area contributed by atoms with E-state index in [4.69, 9.17) is 23.2 Å². The van der Waals surface area contributed by atoms with Crippen LogP contribution < -0.4 is 10.6 Å². The standard InChI is InChI=1S/C17H25Cl2N3O2/c1-6-22(10-14(24)21-17(3,4)5)9-13(23)20-16-12(18)8-7-11(2)15(16)19/h7-8H,6,9-10H2,1-5H3,(H,20,23)(H,21,24). The summed E-state index contributed by atoms with van der Waals surface area (Å²) in [6.45, 7) is 10.3. The fourth-order valence-corrected chi connectivity index (χ4v) is 2.56. The van der Waals surface area contributed by atoms with Crippen LogP contribution in [0.1, 0.15) is 33.3 Å². The van der Waals surface area contributed by atoms with E-state index < -0.39 is 0 Å². The van der Waals surface area contributed by atoms with E-state index >= 15 is 0 Å². The van der Waals surface area contributed by atoms with Crippen LogP contribution in [0.25, 0.3) is 0 Å². The van der Waals surface area contributed by atoms with Crippen LogP contribution in [0.15, 0.2) is 12.1 Å². The predicted molar refractivity (Wildman–Crippen MR) is 99.8 cm³/mol. The predicted octanol–water partition coefficient (Wildman–Crippen LogP) is 3.48. The van der Waals surface area contributed by atoms with Crippen LogP contribution in [0.4, 0.5) is 5.69 Å². The smallest absolute Gasteiger partial charge is 0.238 e. The SMILES string of the molecule is CCN(CC(=O)Nc1c(Cl)ccc(C)c1Cl)CC(=O)NC(C)(C)C. The van der Waals surface area contributed by atoms with E-state index in [1.807, 2.05) is 34.6 Å². The molecule has 0 aliphatic rings. The number of amides is 2. The van der Waals surface area contributed by atoms with Gasteiger partial charge >= 0.3 is 0 Å². The van der Waals surface area contributed by atoms with Gasteiger partial charge in [-0.1, -0.05) is 36.2 Å². The van der Waals surface area contributed by atoms with Gasteiger partial charge in [0.15, 0.2) is 0 Å². The van der Waals surface area contributed by atoms with Crippen molar-refractivity contribution in [1.29, 1.82) is 0 Å². The lowest BCUT2D eigenvalue weighted by molar-refractivity contribution is -0.124. The molecule has 0 bridgehead atoms. The number of aryl methyl sites for hydroxylation is 1. The molecule has 1 aromatic rings. The molecule has 134 valence electrons. The maximum absolute atomic E-state index is 12.3. The average Bonchev–Trinajstić information content (AvgIpc) is 2.45. The van der Waals surface area contributed by atoms with Crippen molar-refractivity contribution in [2.45, 2.75) is 40.2 Å². The molecular weight excluding hydrogens is 349 g/mol. The number of hydrogen-bond donors (Lipinski definition) is 2. The van der Waals surface area contributed by atoms with Crippen LogP contribution in [0.3, 0.4) is 0 Å². The van der Waals surface area contributed by atoms with Crippen molar-refractivity contribution in [3.8, 4) is 0 Å². The minimum Gasteiger partial charge on any atom is -0.350 e. The molecule has 2 N–H and O–H groups in total. The Hall–Kier alpha value is -1.30. The summed E-state index contributed by atoms with van der Waals surface area (Å²) < 4.78 is 0. The molecule has 0 aliphatic heterocycles. The fraction of sp³-hybridized carbons (Fsp3) is 0.529. The molecule has 24 heavy (non-hydrogen) atoms. The van der Waals surface area contributed by atoms with E-state index in [9.17, 15) is 9.59 Å². The van der Waals surface area contributed by atoms with E-state index in [0.717, 1.165) is 5.56 Å². The molecular formula is C17H25Cl2N3O2. The highest BCUT2D eigenvalue weighted by molar-refractivity contribution is 6.40. The molecule has 5 nitrogen and oxygen atoms in total. The van der Waals surface area contributed by atoms with Gasteiger partial charge < -0.3 is 10.6 Å². The molecule has 7 heteroatoms. The summed E-state index contributed by atoms with van der Waals surface area (Å²) in [7, 11) is 0. The molecule has 0 unspecified atom stereocenters. The highest BCUT2D eigenvalue weighted by Gasteiger charge is 2.19. The van der Waals surface area contributed by atoms with Gasteiger partial charge in [0.1, 0.15) is 0 Å². The third-order valence-electron chi connectivity index (χ3n) is 3.24. The van der Waals surface area contributed by atoms with Gasteiger partial charge in [0.25, 0.3) is 0 Å². The minimum absolute atomic E-state index is 0.0780. The van der Waals surface area contributed by atoms with Crippen LogP contribution in [-0.2, 0) is 9.59 Å². The van der Waals surface area contributed by atoms with Gasteiger partial charge in [0, 0.05) is 5.54 Å². The Balaban J connectivity index is 2.69. The maximum atomic E-state index is 12.3. The molecule has 0 heterocycles. The van der Waals surface area contributed by atoms with Crippen LogP contribution in [0, 0.1) is 6.92 Å². The highest BCUT2D eigenvalue weighted by Crippen LogP contribution is 2.32. The van der Waals surface area contributed by atoms with Gasteiger partial charge in [0.2, 0.25) is 11.8 Å². The Morgan fingerprint density at radius 1 is 1.12 bits per heavy atom. The van der Waals surface area contributed by atoms with E-state index in [1.165, 1.54) is 0 Å². The zero-order valence-electron chi connectivity index (χ0n) is 14.8. The summed E-state index contributed by atoms with van der Waals surface area (Å²) in [6, 6.07) is 3.47. The monoisotopic (exact) mass is 373 g/mol. The number of carbonyl (C=O) groups excluding carboxylic acids is 2. The van der Waals surface area contributed by atoms with Gasteiger partial charge in [-0.2, -0.15) is 0 Å². The van der Waals surface area contributed by atoms with Crippen molar-refractivity contribution in [2.75, 3.05) is 25.0 Å². The normalized spacial score (nSPS) is 11.5. The van der Waals surface area contributed by atoms with Crippen molar-refractivity contribution in [1.82, 2.24) is 10.2 Å². The van der Waals surface area contributed by atoms with Gasteiger partial charge in [-0.15, -0.1) is 0 Å². The first-order valence-corrected chi connectivity index (χ1v) is 8.57. The van der Waals surface area contributed by atoms with Crippen LogP contribution in [0.2, 0.25) is 10.0 Å². The Kier molecular flexibility index (Phi) is 7.52. The first-order chi connectivity index (χ1) is 11.0. The van der Waals surface area contributed by atoms with E-state index in [1.54, 1.807) is 17.0 Å². The van der Waals surface area contributed by atoms with Gasteiger partial charge in [-0.3, -0.25) is 14.5 Å². The first-order valence-electron chi connectivity index (χ1n) is 7.81. The molecule has 0 aliphatic carbocycles. The Bertz CT molecular complexity index is 613. The molecule has 0 saturated carbocycles. The zero-order chi connectivity index (χ0) is 18.5. The number of hydrogen-bond acceptors (Lipinski definition) is 3. The number of anilines is 1. The van der Waals surface area contributed by atoms with Crippen molar-refractivity contribution in [3.63, 3.8) is 0 Å². The molecule has 0 saturated heterocycles. The maximum Gasteiger partial charge on any atom is 0.238 e.